The summed E-state index contributed by atoms with van der Waals surface area (Å²) in [4.78, 5) is 29.1. The number of nitrogens with one attached hydrogen (secondary N) is 3. The van der Waals surface area contributed by atoms with Crippen molar-refractivity contribution in [1.82, 2.24) is 30.1 Å². The molecule has 46 heavy (non-hydrogen) atoms. The molecule has 13 heteroatoms. The van der Waals surface area contributed by atoms with Crippen molar-refractivity contribution in [3.05, 3.63) is 78.3 Å². The van der Waals surface area contributed by atoms with Crippen LogP contribution in [0.15, 0.2) is 61.1 Å². The van der Waals surface area contributed by atoms with E-state index in [0.717, 1.165) is 31.9 Å². The number of pyridine rings is 2. The first-order valence-corrected chi connectivity index (χ1v) is 16.9. The average Bonchev–Trinajstić information content (AvgIpc) is 3.80. The Morgan fingerprint density at radius 3 is 2.65 bits per heavy atom. The number of aromatic nitrogens is 6. The third-order valence-corrected chi connectivity index (χ3v) is 9.30. The van der Waals surface area contributed by atoms with Crippen molar-refractivity contribution in [3.8, 4) is 33.8 Å². The van der Waals surface area contributed by atoms with Crippen LogP contribution in [-0.2, 0) is 21.1 Å². The molecule has 7 rings (SSSR count). The molecule has 234 valence electrons. The van der Waals surface area contributed by atoms with E-state index in [0.29, 0.717) is 44.6 Å². The zero-order valence-corrected chi connectivity index (χ0v) is 25.6. The van der Waals surface area contributed by atoms with E-state index >= 15 is 4.39 Å². The van der Waals surface area contributed by atoms with Gasteiger partial charge in [-0.15, -0.1) is 0 Å². The Balaban J connectivity index is 1.25. The molecule has 0 radical (unpaired) electrons. The van der Waals surface area contributed by atoms with E-state index in [1.54, 1.807) is 36.5 Å². The lowest BCUT2D eigenvalue weighted by Crippen LogP contribution is -2.20. The normalized spacial score (nSPS) is 14.0. The minimum Gasteiger partial charge on any atom is -0.335 e. The van der Waals surface area contributed by atoms with Gasteiger partial charge in [-0.3, -0.25) is 14.9 Å². The predicted molar refractivity (Wildman–Crippen MR) is 172 cm³/mol. The Morgan fingerprint density at radius 1 is 1.02 bits per heavy atom. The molecule has 0 unspecified atom stereocenters. The summed E-state index contributed by atoms with van der Waals surface area (Å²) in [6.07, 6.45) is 9.72. The van der Waals surface area contributed by atoms with Gasteiger partial charge in [-0.25, -0.2) is 27.2 Å². The summed E-state index contributed by atoms with van der Waals surface area (Å²) in [7, 11) is -3.23. The number of anilines is 1. The highest BCUT2D eigenvalue weighted by Crippen LogP contribution is 2.36. The molecular formula is C33H29F2N7O3S. The standard InChI is InChI=1S/C33H29F2N7O3S/c1-46(44,45)11-9-18-12-20(14-22(34)13-18)25-8-10-37-31-29(25)39-32(40-31)30-27-26(41-42-30)7-6-24(28(27)35)21-15-23(17-36-16-21)38-33(43)19-4-2-3-5-19/h6-8,10,12-17,19H,2-5,9,11H2,1H3,(H,38,43)(H,41,42)(H,37,39,40). The number of nitrogens with zero attached hydrogens (tertiary/aromatic N) is 4. The van der Waals surface area contributed by atoms with Gasteiger partial charge in [0, 0.05) is 41.3 Å². The monoisotopic (exact) mass is 641 g/mol. The number of hydrogen-bond donors (Lipinski definition) is 3. The van der Waals surface area contributed by atoms with Gasteiger partial charge < -0.3 is 10.3 Å². The number of imidazole rings is 1. The topological polar surface area (TPSA) is 146 Å². The fourth-order valence-corrected chi connectivity index (χ4v) is 6.68. The van der Waals surface area contributed by atoms with Gasteiger partial charge in [0.25, 0.3) is 0 Å². The second kappa shape index (κ2) is 11.7. The van der Waals surface area contributed by atoms with Crippen molar-refractivity contribution in [2.75, 3.05) is 17.3 Å². The number of hydrogen-bond acceptors (Lipinski definition) is 7. The van der Waals surface area contributed by atoms with Crippen LogP contribution >= 0.6 is 0 Å². The minimum absolute atomic E-state index is 0.0214. The maximum Gasteiger partial charge on any atom is 0.227 e. The maximum absolute atomic E-state index is 16.3. The van der Waals surface area contributed by atoms with Crippen LogP contribution in [0.1, 0.15) is 31.2 Å². The van der Waals surface area contributed by atoms with Gasteiger partial charge in [0.2, 0.25) is 5.91 Å². The Labute approximate surface area is 262 Å². The third kappa shape index (κ3) is 5.85. The number of carbonyl (C=O) groups excluding carboxylic acids is 1. The molecule has 1 aliphatic rings. The molecular weight excluding hydrogens is 612 g/mol. The number of halogens is 2. The summed E-state index contributed by atoms with van der Waals surface area (Å²) >= 11 is 0. The number of H-pyrrole nitrogens is 2. The molecule has 3 N–H and O–H groups in total. The van der Waals surface area contributed by atoms with E-state index in [2.05, 4.69) is 35.5 Å². The number of fused-ring (bicyclic) bond motifs is 2. The number of aryl methyl sites for hydroxylation is 1. The molecule has 0 bridgehead atoms. The molecule has 1 amide bonds. The lowest BCUT2D eigenvalue weighted by atomic mass is 10.0. The van der Waals surface area contributed by atoms with Gasteiger partial charge in [0.1, 0.15) is 27.2 Å². The Morgan fingerprint density at radius 2 is 1.85 bits per heavy atom. The van der Waals surface area contributed by atoms with Gasteiger partial charge >= 0.3 is 0 Å². The van der Waals surface area contributed by atoms with Crippen molar-refractivity contribution in [1.29, 1.82) is 0 Å². The van der Waals surface area contributed by atoms with E-state index in [1.807, 2.05) is 0 Å². The van der Waals surface area contributed by atoms with Crippen LogP contribution in [0.2, 0.25) is 0 Å². The average molecular weight is 642 g/mol. The van der Waals surface area contributed by atoms with Gasteiger partial charge in [-0.1, -0.05) is 18.9 Å². The van der Waals surface area contributed by atoms with E-state index in [1.165, 1.54) is 24.5 Å². The SMILES string of the molecule is CS(=O)(=O)CCc1cc(F)cc(-c2ccnc3nc(-c4n[nH]c5ccc(-c6cncc(NC(=O)C7CCCC7)c6)c(F)c45)[nH]c23)c1. The predicted octanol–water partition coefficient (Wildman–Crippen LogP) is 6.22. The molecule has 0 saturated heterocycles. The highest BCUT2D eigenvalue weighted by atomic mass is 32.2. The zero-order chi connectivity index (χ0) is 32.0. The zero-order valence-electron chi connectivity index (χ0n) is 24.8. The molecule has 6 aromatic rings. The van der Waals surface area contributed by atoms with E-state index < -0.39 is 21.5 Å². The van der Waals surface area contributed by atoms with Crippen LogP contribution in [0.25, 0.3) is 55.8 Å². The second-order valence-corrected chi connectivity index (χ2v) is 14.0. The number of carbonyl (C=O) groups is 1. The highest BCUT2D eigenvalue weighted by molar-refractivity contribution is 7.90. The summed E-state index contributed by atoms with van der Waals surface area (Å²) < 4.78 is 54.3. The molecule has 0 atom stereocenters. The maximum atomic E-state index is 16.3. The number of sulfone groups is 1. The molecule has 1 aliphatic carbocycles. The molecule has 2 aromatic carbocycles. The number of rotatable bonds is 8. The lowest BCUT2D eigenvalue weighted by Gasteiger charge is -2.11. The van der Waals surface area contributed by atoms with E-state index in [9.17, 15) is 17.6 Å². The Hall–Kier alpha value is -5.04. The Kier molecular flexibility index (Phi) is 7.55. The summed E-state index contributed by atoms with van der Waals surface area (Å²) in [5, 5.41) is 10.3. The van der Waals surface area contributed by atoms with Gasteiger partial charge in [0.05, 0.1) is 34.1 Å². The van der Waals surface area contributed by atoms with Crippen LogP contribution in [0, 0.1) is 17.6 Å². The summed E-state index contributed by atoms with van der Waals surface area (Å²) in [5.74, 6) is -0.975. The highest BCUT2D eigenvalue weighted by Gasteiger charge is 2.24. The summed E-state index contributed by atoms with van der Waals surface area (Å²) in [6, 6.07) is 11.1. The molecule has 10 nitrogen and oxygen atoms in total. The van der Waals surface area contributed by atoms with Crippen LogP contribution in [0.5, 0.6) is 0 Å². The van der Waals surface area contributed by atoms with Crippen molar-refractivity contribution < 1.29 is 22.0 Å². The number of amides is 1. The van der Waals surface area contributed by atoms with Crippen molar-refractivity contribution in [3.63, 3.8) is 0 Å². The quantitative estimate of drug-likeness (QED) is 0.179. The van der Waals surface area contributed by atoms with Crippen LogP contribution in [0.3, 0.4) is 0 Å². The first kappa shape index (κ1) is 29.7. The fraction of sp³-hybridized carbons (Fsp3) is 0.242. The van der Waals surface area contributed by atoms with Gasteiger partial charge in [-0.05, 0) is 66.8 Å². The van der Waals surface area contributed by atoms with Gasteiger partial charge in [0.15, 0.2) is 11.5 Å². The van der Waals surface area contributed by atoms with Crippen molar-refractivity contribution in [2.45, 2.75) is 32.1 Å². The lowest BCUT2D eigenvalue weighted by molar-refractivity contribution is -0.119. The molecule has 1 fully saturated rings. The summed E-state index contributed by atoms with van der Waals surface area (Å²) in [6.45, 7) is 0. The second-order valence-electron chi connectivity index (χ2n) is 11.7. The molecule has 0 aliphatic heterocycles. The van der Waals surface area contributed by atoms with E-state index in [-0.39, 0.29) is 46.5 Å². The largest absolute Gasteiger partial charge is 0.335 e. The van der Waals surface area contributed by atoms with E-state index in [4.69, 9.17) is 0 Å². The third-order valence-electron chi connectivity index (χ3n) is 8.36. The molecule has 4 aromatic heterocycles. The first-order valence-electron chi connectivity index (χ1n) is 14.9. The van der Waals surface area contributed by atoms with Crippen LogP contribution in [-0.4, -0.2) is 56.5 Å². The molecule has 4 heterocycles. The molecule has 1 saturated carbocycles. The van der Waals surface area contributed by atoms with Crippen molar-refractivity contribution >= 4 is 43.5 Å². The molecule has 0 spiro atoms. The number of aromatic amines is 2. The smallest absolute Gasteiger partial charge is 0.227 e. The minimum atomic E-state index is -3.23. The Bertz CT molecular complexity index is 2240. The van der Waals surface area contributed by atoms with Crippen molar-refractivity contribution in [2.24, 2.45) is 5.92 Å². The fourth-order valence-electron chi connectivity index (χ4n) is 6.07. The van der Waals surface area contributed by atoms with Crippen LogP contribution < -0.4 is 5.32 Å². The van der Waals surface area contributed by atoms with Crippen LogP contribution in [0.4, 0.5) is 14.5 Å². The first-order chi connectivity index (χ1) is 22.1. The number of benzene rings is 2. The summed E-state index contributed by atoms with van der Waals surface area (Å²) in [5.41, 5.74) is 4.37. The van der Waals surface area contributed by atoms with Gasteiger partial charge in [-0.2, -0.15) is 5.10 Å².